The van der Waals surface area contributed by atoms with E-state index in [1.165, 1.54) is 0 Å². The minimum Gasteiger partial charge on any atom is -0.489 e. The number of nitrogens with one attached hydrogen (secondary N) is 1. The van der Waals surface area contributed by atoms with Gasteiger partial charge in [0, 0.05) is 16.3 Å². The van der Waals surface area contributed by atoms with Crippen molar-refractivity contribution in [2.45, 2.75) is 6.61 Å². The zero-order valence-electron chi connectivity index (χ0n) is 16.6. The van der Waals surface area contributed by atoms with Crippen LogP contribution in [0.3, 0.4) is 0 Å². The summed E-state index contributed by atoms with van der Waals surface area (Å²) in [5.74, 6) is 1.78. The van der Waals surface area contributed by atoms with Gasteiger partial charge in [0.1, 0.15) is 23.9 Å². The minimum atomic E-state index is -0.212. The number of benzene rings is 4. The Balaban J connectivity index is 1.36. The third-order valence-corrected chi connectivity index (χ3v) is 4.76. The van der Waals surface area contributed by atoms with E-state index >= 15 is 0 Å². The molecule has 4 nitrogen and oxygen atoms in total. The predicted molar refractivity (Wildman–Crippen MR) is 123 cm³/mol. The molecule has 0 saturated carbocycles. The van der Waals surface area contributed by atoms with Crippen molar-refractivity contribution in [1.29, 1.82) is 0 Å². The zero-order chi connectivity index (χ0) is 21.5. The van der Waals surface area contributed by atoms with Crippen LogP contribution in [0.1, 0.15) is 15.9 Å². The topological polar surface area (TPSA) is 47.6 Å². The van der Waals surface area contributed by atoms with Gasteiger partial charge in [-0.05, 0) is 72.3 Å². The van der Waals surface area contributed by atoms with E-state index in [0.717, 1.165) is 5.56 Å². The number of hydrogen-bond donors (Lipinski definition) is 1. The Hall–Kier alpha value is -3.76. The lowest BCUT2D eigenvalue weighted by atomic mass is 10.2. The molecule has 4 rings (SSSR count). The molecule has 4 aromatic rings. The predicted octanol–water partition coefficient (Wildman–Crippen LogP) is 6.96. The summed E-state index contributed by atoms with van der Waals surface area (Å²) in [6, 6.07) is 31.3. The molecule has 31 heavy (non-hydrogen) atoms. The number of anilines is 1. The maximum Gasteiger partial charge on any atom is 0.255 e. The second-order valence-electron chi connectivity index (χ2n) is 6.84. The average Bonchev–Trinajstić information content (AvgIpc) is 2.81. The van der Waals surface area contributed by atoms with Crippen LogP contribution in [0, 0.1) is 0 Å². The molecule has 0 heterocycles. The molecule has 154 valence electrons. The molecule has 0 aromatic heterocycles. The molecule has 0 radical (unpaired) electrons. The molecule has 0 spiro atoms. The van der Waals surface area contributed by atoms with Gasteiger partial charge in [0.15, 0.2) is 0 Å². The van der Waals surface area contributed by atoms with E-state index in [1.54, 1.807) is 66.7 Å². The molecule has 0 fully saturated rings. The van der Waals surface area contributed by atoms with E-state index in [1.807, 2.05) is 36.4 Å². The molecule has 0 atom stereocenters. The van der Waals surface area contributed by atoms with Crippen LogP contribution in [-0.2, 0) is 6.61 Å². The van der Waals surface area contributed by atoms with Gasteiger partial charge in [0.25, 0.3) is 5.91 Å². The zero-order valence-corrected chi connectivity index (χ0v) is 17.4. The Morgan fingerprint density at radius 3 is 2.13 bits per heavy atom. The fraction of sp³-hybridized carbons (Fsp3) is 0.0385. The highest BCUT2D eigenvalue weighted by atomic mass is 35.5. The van der Waals surface area contributed by atoms with Crippen molar-refractivity contribution in [3.63, 3.8) is 0 Å². The van der Waals surface area contributed by atoms with Crippen LogP contribution in [0.2, 0.25) is 5.02 Å². The molecule has 0 unspecified atom stereocenters. The summed E-state index contributed by atoms with van der Waals surface area (Å²) in [5.41, 5.74) is 2.26. The number of carbonyl (C=O) groups excluding carboxylic acids is 1. The number of hydrogen-bond acceptors (Lipinski definition) is 3. The third-order valence-electron chi connectivity index (χ3n) is 4.51. The second kappa shape index (κ2) is 9.83. The summed E-state index contributed by atoms with van der Waals surface area (Å²) in [6.07, 6.45) is 0. The molecule has 0 aliphatic heterocycles. The first-order chi connectivity index (χ1) is 15.2. The van der Waals surface area contributed by atoms with Crippen molar-refractivity contribution in [1.82, 2.24) is 0 Å². The van der Waals surface area contributed by atoms with Crippen molar-refractivity contribution in [3.05, 3.63) is 119 Å². The van der Waals surface area contributed by atoms with Gasteiger partial charge in [-0.25, -0.2) is 0 Å². The van der Waals surface area contributed by atoms with E-state index in [9.17, 15) is 4.79 Å². The Kier molecular flexibility index (Phi) is 6.50. The molecule has 1 N–H and O–H groups in total. The first-order valence-corrected chi connectivity index (χ1v) is 10.2. The van der Waals surface area contributed by atoms with E-state index in [0.29, 0.717) is 40.1 Å². The highest BCUT2D eigenvalue weighted by Gasteiger charge is 2.08. The Morgan fingerprint density at radius 1 is 0.742 bits per heavy atom. The van der Waals surface area contributed by atoms with Crippen LogP contribution < -0.4 is 14.8 Å². The van der Waals surface area contributed by atoms with Gasteiger partial charge in [-0.3, -0.25) is 4.79 Å². The van der Waals surface area contributed by atoms with Gasteiger partial charge in [0.2, 0.25) is 0 Å². The Bertz CT molecular complexity index is 1140. The van der Waals surface area contributed by atoms with Gasteiger partial charge in [-0.1, -0.05) is 48.0 Å². The van der Waals surface area contributed by atoms with Crippen LogP contribution in [0.25, 0.3) is 0 Å². The molecule has 4 aromatic carbocycles. The molecule has 0 bridgehead atoms. The largest absolute Gasteiger partial charge is 0.489 e. The molecule has 5 heteroatoms. The summed E-state index contributed by atoms with van der Waals surface area (Å²) in [5, 5.41) is 3.54. The summed E-state index contributed by atoms with van der Waals surface area (Å²) in [7, 11) is 0. The minimum absolute atomic E-state index is 0.212. The molecule has 0 saturated heterocycles. The molecule has 1 amide bonds. The standard InChI is InChI=1S/C26H20ClNO3/c27-21-9-13-23(14-10-21)31-24-15-11-22(12-16-24)28-26(29)20-7-4-8-25(17-20)30-18-19-5-2-1-3-6-19/h1-17H,18H2,(H,28,29). The van der Waals surface area contributed by atoms with Crippen molar-refractivity contribution in [2.75, 3.05) is 5.32 Å². The number of amides is 1. The average molecular weight is 430 g/mol. The van der Waals surface area contributed by atoms with Crippen molar-refractivity contribution in [3.8, 4) is 17.2 Å². The highest BCUT2D eigenvalue weighted by molar-refractivity contribution is 6.30. The van der Waals surface area contributed by atoms with E-state index < -0.39 is 0 Å². The number of carbonyl (C=O) groups is 1. The molecular weight excluding hydrogens is 410 g/mol. The quantitative estimate of drug-likeness (QED) is 0.345. The van der Waals surface area contributed by atoms with Gasteiger partial charge in [0.05, 0.1) is 0 Å². The van der Waals surface area contributed by atoms with Crippen LogP contribution >= 0.6 is 11.6 Å². The second-order valence-corrected chi connectivity index (χ2v) is 7.27. The van der Waals surface area contributed by atoms with Gasteiger partial charge >= 0.3 is 0 Å². The summed E-state index contributed by atoms with van der Waals surface area (Å²) in [6.45, 7) is 0.445. The van der Waals surface area contributed by atoms with Gasteiger partial charge in [-0.15, -0.1) is 0 Å². The van der Waals surface area contributed by atoms with Crippen LogP contribution in [-0.4, -0.2) is 5.91 Å². The summed E-state index contributed by atoms with van der Waals surface area (Å²) in [4.78, 5) is 12.6. The number of halogens is 1. The highest BCUT2D eigenvalue weighted by Crippen LogP contribution is 2.25. The fourth-order valence-corrected chi connectivity index (χ4v) is 3.04. The lowest BCUT2D eigenvalue weighted by Crippen LogP contribution is -2.11. The van der Waals surface area contributed by atoms with Gasteiger partial charge < -0.3 is 14.8 Å². The Labute approximate surface area is 186 Å². The van der Waals surface area contributed by atoms with E-state index in [4.69, 9.17) is 21.1 Å². The summed E-state index contributed by atoms with van der Waals surface area (Å²) < 4.78 is 11.6. The van der Waals surface area contributed by atoms with Crippen LogP contribution in [0.5, 0.6) is 17.2 Å². The monoisotopic (exact) mass is 429 g/mol. The first-order valence-electron chi connectivity index (χ1n) is 9.77. The fourth-order valence-electron chi connectivity index (χ4n) is 2.92. The van der Waals surface area contributed by atoms with Crippen molar-refractivity contribution >= 4 is 23.2 Å². The molecule has 0 aliphatic carbocycles. The smallest absolute Gasteiger partial charge is 0.255 e. The van der Waals surface area contributed by atoms with E-state index in [2.05, 4.69) is 5.32 Å². The summed E-state index contributed by atoms with van der Waals surface area (Å²) >= 11 is 5.89. The molecular formula is C26H20ClNO3. The van der Waals surface area contributed by atoms with Gasteiger partial charge in [-0.2, -0.15) is 0 Å². The Morgan fingerprint density at radius 2 is 1.42 bits per heavy atom. The van der Waals surface area contributed by atoms with Crippen LogP contribution in [0.15, 0.2) is 103 Å². The van der Waals surface area contributed by atoms with Crippen molar-refractivity contribution in [2.24, 2.45) is 0 Å². The van der Waals surface area contributed by atoms with Crippen LogP contribution in [0.4, 0.5) is 5.69 Å². The van der Waals surface area contributed by atoms with E-state index in [-0.39, 0.29) is 5.91 Å². The molecule has 0 aliphatic rings. The number of rotatable bonds is 7. The maximum atomic E-state index is 12.6. The van der Waals surface area contributed by atoms with Crippen molar-refractivity contribution < 1.29 is 14.3 Å². The third kappa shape index (κ3) is 5.87. The first kappa shape index (κ1) is 20.5. The normalized spacial score (nSPS) is 10.4. The maximum absolute atomic E-state index is 12.6. The SMILES string of the molecule is O=C(Nc1ccc(Oc2ccc(Cl)cc2)cc1)c1cccc(OCc2ccccc2)c1. The lowest BCUT2D eigenvalue weighted by Gasteiger charge is -2.10. The lowest BCUT2D eigenvalue weighted by molar-refractivity contribution is 0.102. The number of ether oxygens (including phenoxy) is 2.